The molecule has 0 spiro atoms. The lowest BCUT2D eigenvalue weighted by atomic mass is 10.1. The van der Waals surface area contributed by atoms with Crippen LogP contribution in [-0.4, -0.2) is 11.4 Å². The molecule has 0 aliphatic carbocycles. The van der Waals surface area contributed by atoms with Gasteiger partial charge in [-0.15, -0.1) is 0 Å². The summed E-state index contributed by atoms with van der Waals surface area (Å²) in [5.41, 5.74) is 6.14. The number of rotatable bonds is 3. The van der Waals surface area contributed by atoms with Crippen molar-refractivity contribution in [3.63, 3.8) is 0 Å². The minimum absolute atomic E-state index is 0.335. The zero-order valence-corrected chi connectivity index (χ0v) is 8.34. The highest BCUT2D eigenvalue weighted by Gasteiger charge is 2.12. The van der Waals surface area contributed by atoms with E-state index in [0.29, 0.717) is 5.56 Å². The monoisotopic (exact) mass is 250 g/mol. The molecular weight excluding hydrogens is 242 g/mol. The van der Waals surface area contributed by atoms with Crippen molar-refractivity contribution in [1.29, 1.82) is 0 Å². The number of pyridine rings is 1. The second-order valence-electron chi connectivity index (χ2n) is 2.67. The lowest BCUT2D eigenvalue weighted by Crippen LogP contribution is -2.14. The fourth-order valence-electron chi connectivity index (χ4n) is 0.959. The quantitative estimate of drug-likeness (QED) is 0.896. The Bertz CT molecular complexity index is 281. The molecule has 0 saturated carbocycles. The number of hydrogen-bond donors (Lipinski definition) is 1. The molecule has 0 aliphatic heterocycles. The highest BCUT2D eigenvalue weighted by atomic mass is 79.9. The fraction of sp³-hybridized carbons (Fsp3) is 0.375. The largest absolute Gasteiger partial charge is 0.324 e. The molecule has 0 bridgehead atoms. The van der Waals surface area contributed by atoms with Crippen molar-refractivity contribution in [2.45, 2.75) is 18.9 Å². The average molecular weight is 251 g/mol. The molecule has 0 fully saturated rings. The van der Waals surface area contributed by atoms with Gasteiger partial charge in [-0.3, -0.25) is 4.98 Å². The summed E-state index contributed by atoms with van der Waals surface area (Å²) in [6, 6.07) is 1.05. The minimum atomic E-state index is -2.38. The standard InChI is InChI=1S/C8H9BrF2N2/c9-6-1-5(3-13-4-6)7(12)2-8(10)11/h1,3-4,7-8H,2,12H2. The summed E-state index contributed by atoms with van der Waals surface area (Å²) < 4.78 is 24.7. The summed E-state index contributed by atoms with van der Waals surface area (Å²) in [4.78, 5) is 3.84. The van der Waals surface area contributed by atoms with Gasteiger partial charge in [0.05, 0.1) is 0 Å². The first-order chi connectivity index (χ1) is 6.09. The van der Waals surface area contributed by atoms with Gasteiger partial charge in [-0.1, -0.05) is 0 Å². The maximum absolute atomic E-state index is 12.0. The summed E-state index contributed by atoms with van der Waals surface area (Å²) in [7, 11) is 0. The van der Waals surface area contributed by atoms with Gasteiger partial charge in [0, 0.05) is 29.3 Å². The molecule has 2 N–H and O–H groups in total. The molecule has 1 aromatic rings. The highest BCUT2D eigenvalue weighted by molar-refractivity contribution is 9.10. The molecule has 0 amide bonds. The molecular formula is C8H9BrF2N2. The van der Waals surface area contributed by atoms with Crippen molar-refractivity contribution >= 4 is 15.9 Å². The SMILES string of the molecule is NC(CC(F)F)c1cncc(Br)c1. The third-order valence-electron chi connectivity index (χ3n) is 1.59. The maximum atomic E-state index is 12.0. The van der Waals surface area contributed by atoms with Crippen molar-refractivity contribution < 1.29 is 8.78 Å². The van der Waals surface area contributed by atoms with Gasteiger partial charge in [-0.25, -0.2) is 8.78 Å². The third-order valence-corrected chi connectivity index (χ3v) is 2.02. The van der Waals surface area contributed by atoms with Crippen LogP contribution in [0.4, 0.5) is 8.78 Å². The normalized spacial score (nSPS) is 13.3. The number of hydrogen-bond acceptors (Lipinski definition) is 2. The Morgan fingerprint density at radius 1 is 1.46 bits per heavy atom. The average Bonchev–Trinajstić information content (AvgIpc) is 2.03. The van der Waals surface area contributed by atoms with Gasteiger partial charge >= 0.3 is 0 Å². The summed E-state index contributed by atoms with van der Waals surface area (Å²) in [5, 5.41) is 0. The number of alkyl halides is 2. The van der Waals surface area contributed by atoms with Gasteiger partial charge < -0.3 is 5.73 Å². The maximum Gasteiger partial charge on any atom is 0.240 e. The van der Waals surface area contributed by atoms with E-state index in [1.165, 1.54) is 6.20 Å². The molecule has 1 aromatic heterocycles. The molecule has 5 heteroatoms. The van der Waals surface area contributed by atoms with E-state index >= 15 is 0 Å². The summed E-state index contributed by atoms with van der Waals surface area (Å²) in [5.74, 6) is 0. The van der Waals surface area contributed by atoms with Crippen LogP contribution >= 0.6 is 15.9 Å². The summed E-state index contributed by atoms with van der Waals surface area (Å²) in [6.45, 7) is 0. The van der Waals surface area contributed by atoms with Crippen LogP contribution in [0.15, 0.2) is 22.9 Å². The second-order valence-corrected chi connectivity index (χ2v) is 3.59. The molecule has 1 heterocycles. The smallest absolute Gasteiger partial charge is 0.240 e. The van der Waals surface area contributed by atoms with Crippen molar-refractivity contribution in [3.8, 4) is 0 Å². The van der Waals surface area contributed by atoms with Gasteiger partial charge in [-0.2, -0.15) is 0 Å². The van der Waals surface area contributed by atoms with Crippen LogP contribution in [0.1, 0.15) is 18.0 Å². The number of nitrogens with two attached hydrogens (primary N) is 1. The van der Waals surface area contributed by atoms with E-state index in [-0.39, 0.29) is 6.42 Å². The van der Waals surface area contributed by atoms with Crippen LogP contribution < -0.4 is 5.73 Å². The molecule has 1 atom stereocenters. The second kappa shape index (κ2) is 4.62. The third kappa shape index (κ3) is 3.36. The molecule has 13 heavy (non-hydrogen) atoms. The fourth-order valence-corrected chi connectivity index (χ4v) is 1.34. The van der Waals surface area contributed by atoms with Crippen LogP contribution in [-0.2, 0) is 0 Å². The van der Waals surface area contributed by atoms with Crippen LogP contribution in [0.5, 0.6) is 0 Å². The van der Waals surface area contributed by atoms with Crippen LogP contribution in [0.3, 0.4) is 0 Å². The van der Waals surface area contributed by atoms with Crippen LogP contribution in [0.2, 0.25) is 0 Å². The van der Waals surface area contributed by atoms with Crippen molar-refractivity contribution in [2.75, 3.05) is 0 Å². The van der Waals surface area contributed by atoms with E-state index in [1.54, 1.807) is 12.3 Å². The van der Waals surface area contributed by atoms with Gasteiger partial charge in [0.15, 0.2) is 0 Å². The Morgan fingerprint density at radius 2 is 2.15 bits per heavy atom. The molecule has 1 unspecified atom stereocenters. The number of aromatic nitrogens is 1. The van der Waals surface area contributed by atoms with Crippen molar-refractivity contribution in [2.24, 2.45) is 5.73 Å². The van der Waals surface area contributed by atoms with Crippen LogP contribution in [0.25, 0.3) is 0 Å². The first-order valence-electron chi connectivity index (χ1n) is 3.74. The Balaban J connectivity index is 2.71. The number of halogens is 3. The van der Waals surface area contributed by atoms with E-state index in [1.807, 2.05) is 0 Å². The molecule has 0 aromatic carbocycles. The summed E-state index contributed by atoms with van der Waals surface area (Å²) in [6.07, 6.45) is 0.364. The van der Waals surface area contributed by atoms with E-state index < -0.39 is 12.5 Å². The van der Waals surface area contributed by atoms with Gasteiger partial charge in [0.2, 0.25) is 6.43 Å². The van der Waals surface area contributed by atoms with Gasteiger partial charge in [0.1, 0.15) is 0 Å². The lowest BCUT2D eigenvalue weighted by molar-refractivity contribution is 0.128. The van der Waals surface area contributed by atoms with Crippen molar-refractivity contribution in [1.82, 2.24) is 4.98 Å². The highest BCUT2D eigenvalue weighted by Crippen LogP contribution is 2.19. The number of nitrogens with zero attached hydrogens (tertiary/aromatic N) is 1. The van der Waals surface area contributed by atoms with E-state index in [4.69, 9.17) is 5.73 Å². The van der Waals surface area contributed by atoms with Crippen LogP contribution in [0, 0.1) is 0 Å². The molecule has 0 saturated heterocycles. The first-order valence-corrected chi connectivity index (χ1v) is 4.53. The van der Waals surface area contributed by atoms with E-state index in [9.17, 15) is 8.78 Å². The zero-order valence-electron chi connectivity index (χ0n) is 6.75. The van der Waals surface area contributed by atoms with E-state index in [0.717, 1.165) is 4.47 Å². The topological polar surface area (TPSA) is 38.9 Å². The Morgan fingerprint density at radius 3 is 2.69 bits per heavy atom. The molecule has 1 rings (SSSR count). The van der Waals surface area contributed by atoms with Gasteiger partial charge in [0.25, 0.3) is 0 Å². The molecule has 0 aliphatic rings. The first kappa shape index (κ1) is 10.5. The predicted molar refractivity (Wildman–Crippen MR) is 49.5 cm³/mol. The molecule has 0 radical (unpaired) electrons. The Labute approximate surface area is 83.3 Å². The lowest BCUT2D eigenvalue weighted by Gasteiger charge is -2.10. The molecule has 2 nitrogen and oxygen atoms in total. The Hall–Kier alpha value is -0.550. The summed E-state index contributed by atoms with van der Waals surface area (Å²) >= 11 is 3.19. The van der Waals surface area contributed by atoms with Gasteiger partial charge in [-0.05, 0) is 27.6 Å². The minimum Gasteiger partial charge on any atom is -0.324 e. The zero-order chi connectivity index (χ0) is 9.84. The van der Waals surface area contributed by atoms with Crippen molar-refractivity contribution in [3.05, 3.63) is 28.5 Å². The Kier molecular flexibility index (Phi) is 3.74. The van der Waals surface area contributed by atoms with E-state index in [2.05, 4.69) is 20.9 Å². The predicted octanol–water partition coefficient (Wildman–Crippen LogP) is 2.50. The molecule has 72 valence electrons.